The number of carbonyl (C=O) groups is 1. The van der Waals surface area contributed by atoms with Crippen LogP contribution in [0.1, 0.15) is 16.7 Å². The van der Waals surface area contributed by atoms with Crippen molar-refractivity contribution in [2.45, 2.75) is 13.0 Å². The molecule has 1 amide bonds. The van der Waals surface area contributed by atoms with Gasteiger partial charge in [0, 0.05) is 0 Å². The number of nitrogens with one attached hydrogen (secondary N) is 1. The zero-order chi connectivity index (χ0) is 24.0. The third-order valence-electron chi connectivity index (χ3n) is 5.85. The number of rotatable bonds is 7. The Bertz CT molecular complexity index is 1530. The van der Waals surface area contributed by atoms with E-state index in [2.05, 4.69) is 50.7 Å². The van der Waals surface area contributed by atoms with E-state index in [4.69, 9.17) is 4.74 Å². The van der Waals surface area contributed by atoms with Gasteiger partial charge in [-0.1, -0.05) is 84.9 Å². The Balaban J connectivity index is 1.20. The van der Waals surface area contributed by atoms with Gasteiger partial charge in [-0.25, -0.2) is 5.43 Å². The topological polar surface area (TPSA) is 50.7 Å². The maximum absolute atomic E-state index is 12.4. The summed E-state index contributed by atoms with van der Waals surface area (Å²) < 4.78 is 6.89. The summed E-state index contributed by atoms with van der Waals surface area (Å²) in [4.78, 5) is 12.4. The SMILES string of the molecule is O=C(Cc1cccc2ccccc12)N/N=C\c1ccc(OCc2cccc3ccccc23)c(Br)c1. The molecule has 0 aliphatic rings. The molecule has 0 bridgehead atoms. The highest BCUT2D eigenvalue weighted by Gasteiger charge is 2.07. The van der Waals surface area contributed by atoms with Crippen molar-refractivity contribution in [3.05, 3.63) is 124 Å². The molecule has 5 rings (SSSR count). The summed E-state index contributed by atoms with van der Waals surface area (Å²) >= 11 is 3.58. The summed E-state index contributed by atoms with van der Waals surface area (Å²) in [5.74, 6) is 0.585. The molecule has 0 radical (unpaired) electrons. The predicted molar refractivity (Wildman–Crippen MR) is 146 cm³/mol. The monoisotopic (exact) mass is 522 g/mol. The number of hydrazone groups is 1. The lowest BCUT2D eigenvalue weighted by Gasteiger charge is -2.11. The zero-order valence-electron chi connectivity index (χ0n) is 18.9. The molecule has 0 atom stereocenters. The minimum atomic E-state index is -0.160. The lowest BCUT2D eigenvalue weighted by atomic mass is 10.0. The second-order valence-corrected chi connectivity index (χ2v) is 9.08. The van der Waals surface area contributed by atoms with Crippen molar-refractivity contribution in [1.82, 2.24) is 5.43 Å². The van der Waals surface area contributed by atoms with Crippen molar-refractivity contribution in [3.63, 3.8) is 0 Å². The van der Waals surface area contributed by atoms with Gasteiger partial charge < -0.3 is 4.74 Å². The molecule has 5 aromatic carbocycles. The Morgan fingerprint density at radius 1 is 0.800 bits per heavy atom. The van der Waals surface area contributed by atoms with Gasteiger partial charge in [-0.3, -0.25) is 4.79 Å². The van der Waals surface area contributed by atoms with E-state index in [9.17, 15) is 4.79 Å². The van der Waals surface area contributed by atoms with E-state index in [-0.39, 0.29) is 12.3 Å². The summed E-state index contributed by atoms with van der Waals surface area (Å²) in [7, 11) is 0. The number of benzene rings is 5. The lowest BCUT2D eigenvalue weighted by Crippen LogP contribution is -2.19. The Hall–Kier alpha value is -3.96. The first kappa shape index (κ1) is 22.8. The zero-order valence-corrected chi connectivity index (χ0v) is 20.5. The number of fused-ring (bicyclic) bond motifs is 2. The van der Waals surface area contributed by atoms with Crippen LogP contribution in [0.5, 0.6) is 5.75 Å². The molecule has 0 aliphatic carbocycles. The maximum Gasteiger partial charge on any atom is 0.244 e. The maximum atomic E-state index is 12.4. The Morgan fingerprint density at radius 2 is 1.43 bits per heavy atom. The highest BCUT2D eigenvalue weighted by Crippen LogP contribution is 2.28. The van der Waals surface area contributed by atoms with Crippen LogP contribution < -0.4 is 10.2 Å². The predicted octanol–water partition coefficient (Wildman–Crippen LogP) is 7.03. The van der Waals surface area contributed by atoms with Crippen LogP contribution in [0.15, 0.2) is 113 Å². The van der Waals surface area contributed by atoms with Crippen molar-refractivity contribution >= 4 is 49.6 Å². The number of ether oxygens (including phenoxy) is 1. The molecule has 0 heterocycles. The molecular formula is C30H23BrN2O2. The average molecular weight is 523 g/mol. The number of amides is 1. The fourth-order valence-electron chi connectivity index (χ4n) is 4.13. The lowest BCUT2D eigenvalue weighted by molar-refractivity contribution is -0.120. The van der Waals surface area contributed by atoms with Gasteiger partial charge in [0.25, 0.3) is 0 Å². The second-order valence-electron chi connectivity index (χ2n) is 8.23. The number of nitrogens with zero attached hydrogens (tertiary/aromatic N) is 1. The Kier molecular flexibility index (Phi) is 6.87. The van der Waals surface area contributed by atoms with Crippen molar-refractivity contribution in [1.29, 1.82) is 0 Å². The quantitative estimate of drug-likeness (QED) is 0.184. The first-order valence-electron chi connectivity index (χ1n) is 11.3. The summed E-state index contributed by atoms with van der Waals surface area (Å²) in [6.07, 6.45) is 1.89. The van der Waals surface area contributed by atoms with Crippen LogP contribution in [-0.2, 0) is 17.8 Å². The van der Waals surface area contributed by atoms with E-state index in [0.717, 1.165) is 37.7 Å². The van der Waals surface area contributed by atoms with Crippen LogP contribution in [-0.4, -0.2) is 12.1 Å². The molecule has 1 N–H and O–H groups in total. The molecular weight excluding hydrogens is 500 g/mol. The minimum absolute atomic E-state index is 0.160. The smallest absolute Gasteiger partial charge is 0.244 e. The fourth-order valence-corrected chi connectivity index (χ4v) is 4.64. The molecule has 0 unspecified atom stereocenters. The van der Waals surface area contributed by atoms with E-state index in [1.54, 1.807) is 6.21 Å². The first-order valence-corrected chi connectivity index (χ1v) is 12.1. The molecule has 172 valence electrons. The minimum Gasteiger partial charge on any atom is -0.488 e. The van der Waals surface area contributed by atoms with Crippen molar-refractivity contribution in [3.8, 4) is 5.75 Å². The molecule has 0 spiro atoms. The van der Waals surface area contributed by atoms with Gasteiger partial charge >= 0.3 is 0 Å². The molecule has 0 aliphatic heterocycles. The van der Waals surface area contributed by atoms with Crippen molar-refractivity contribution in [2.75, 3.05) is 0 Å². The molecule has 5 heteroatoms. The summed E-state index contributed by atoms with van der Waals surface area (Å²) in [5.41, 5.74) is 5.58. The van der Waals surface area contributed by atoms with Crippen LogP contribution in [0.25, 0.3) is 21.5 Å². The Labute approximate surface area is 212 Å². The summed E-state index contributed by atoms with van der Waals surface area (Å²) in [6, 6.07) is 34.3. The molecule has 4 nitrogen and oxygen atoms in total. The van der Waals surface area contributed by atoms with Gasteiger partial charge in [0.2, 0.25) is 5.91 Å². The summed E-state index contributed by atoms with van der Waals surface area (Å²) in [5, 5.41) is 8.72. The molecule has 5 aromatic rings. The first-order chi connectivity index (χ1) is 17.2. The van der Waals surface area contributed by atoms with Crippen molar-refractivity contribution < 1.29 is 9.53 Å². The van der Waals surface area contributed by atoms with Gasteiger partial charge in [-0.15, -0.1) is 0 Å². The highest BCUT2D eigenvalue weighted by molar-refractivity contribution is 9.10. The standard InChI is InChI=1S/C30H23BrN2O2/c31-28-17-21(15-16-29(28)35-20-25-12-6-10-23-8-2-4-14-27(23)25)19-32-33-30(34)18-24-11-5-9-22-7-1-3-13-26(22)24/h1-17,19H,18,20H2,(H,33,34)/b32-19-. The number of hydrogen-bond acceptors (Lipinski definition) is 3. The molecule has 35 heavy (non-hydrogen) atoms. The number of halogens is 1. The van der Waals surface area contributed by atoms with Gasteiger partial charge in [-0.2, -0.15) is 5.10 Å². The third kappa shape index (κ3) is 5.42. The number of carbonyl (C=O) groups excluding carboxylic acids is 1. The van der Waals surface area contributed by atoms with Crippen LogP contribution in [0.2, 0.25) is 0 Å². The van der Waals surface area contributed by atoms with E-state index in [1.165, 1.54) is 10.8 Å². The highest BCUT2D eigenvalue weighted by atomic mass is 79.9. The van der Waals surface area contributed by atoms with E-state index >= 15 is 0 Å². The van der Waals surface area contributed by atoms with Crippen LogP contribution >= 0.6 is 15.9 Å². The largest absolute Gasteiger partial charge is 0.488 e. The summed E-state index contributed by atoms with van der Waals surface area (Å²) in [6.45, 7) is 0.470. The van der Waals surface area contributed by atoms with Crippen LogP contribution in [0, 0.1) is 0 Å². The van der Waals surface area contributed by atoms with Gasteiger partial charge in [0.05, 0.1) is 17.1 Å². The normalized spacial score (nSPS) is 11.2. The molecule has 0 saturated heterocycles. The van der Waals surface area contributed by atoms with Crippen LogP contribution in [0.3, 0.4) is 0 Å². The van der Waals surface area contributed by atoms with Crippen LogP contribution in [0.4, 0.5) is 0 Å². The van der Waals surface area contributed by atoms with E-state index < -0.39 is 0 Å². The average Bonchev–Trinajstić information content (AvgIpc) is 2.88. The fraction of sp³-hybridized carbons (Fsp3) is 0.0667. The van der Waals surface area contributed by atoms with Gasteiger partial charge in [0.15, 0.2) is 0 Å². The van der Waals surface area contributed by atoms with E-state index in [1.807, 2.05) is 78.9 Å². The second kappa shape index (κ2) is 10.5. The van der Waals surface area contributed by atoms with Gasteiger partial charge in [-0.05, 0) is 72.4 Å². The molecule has 0 fully saturated rings. The van der Waals surface area contributed by atoms with Crippen molar-refractivity contribution in [2.24, 2.45) is 5.10 Å². The Morgan fingerprint density at radius 3 is 2.14 bits per heavy atom. The van der Waals surface area contributed by atoms with E-state index in [0.29, 0.717) is 6.61 Å². The molecule has 0 aromatic heterocycles. The van der Waals surface area contributed by atoms with Gasteiger partial charge in [0.1, 0.15) is 12.4 Å². The molecule has 0 saturated carbocycles. The number of hydrogen-bond donors (Lipinski definition) is 1. The third-order valence-corrected chi connectivity index (χ3v) is 6.47.